The molecule has 0 unspecified atom stereocenters. The number of carboxylic acids is 1. The van der Waals surface area contributed by atoms with Crippen LogP contribution < -0.4 is 4.72 Å². The number of nitrogens with one attached hydrogen (secondary N) is 1. The highest BCUT2D eigenvalue weighted by molar-refractivity contribution is 7.92. The minimum atomic E-state index is -3.50. The van der Waals surface area contributed by atoms with Gasteiger partial charge in [0.2, 0.25) is 10.0 Å². The van der Waals surface area contributed by atoms with E-state index in [1.54, 1.807) is 6.08 Å². The molecule has 0 amide bonds. The summed E-state index contributed by atoms with van der Waals surface area (Å²) in [4.78, 5) is 10.4. The third-order valence-corrected chi connectivity index (χ3v) is 7.05. The SMILES string of the molecule is CCCCCCCCCCCCCCCCCCCCC/C=C/S(=O)(=O)NCCC(=O)O. The lowest BCUT2D eigenvalue weighted by Gasteiger charge is -2.04. The van der Waals surface area contributed by atoms with Crippen molar-refractivity contribution in [3.05, 3.63) is 11.5 Å². The molecule has 5 nitrogen and oxygen atoms in total. The zero-order valence-corrected chi connectivity index (χ0v) is 21.6. The summed E-state index contributed by atoms with van der Waals surface area (Å²) in [6.07, 6.45) is 27.8. The Hall–Kier alpha value is -0.880. The molecule has 2 N–H and O–H groups in total. The van der Waals surface area contributed by atoms with Gasteiger partial charge in [-0.15, -0.1) is 0 Å². The van der Waals surface area contributed by atoms with Gasteiger partial charge in [0.1, 0.15) is 0 Å². The van der Waals surface area contributed by atoms with Gasteiger partial charge in [-0.1, -0.05) is 129 Å². The molecule has 0 aromatic carbocycles. The second kappa shape index (κ2) is 23.3. The molecule has 0 rings (SSSR count). The molecule has 32 heavy (non-hydrogen) atoms. The number of unbranched alkanes of at least 4 members (excludes halogenated alkanes) is 19. The molecule has 0 radical (unpaired) electrons. The van der Waals surface area contributed by atoms with Gasteiger partial charge in [-0.05, 0) is 12.8 Å². The lowest BCUT2D eigenvalue weighted by molar-refractivity contribution is -0.136. The van der Waals surface area contributed by atoms with E-state index in [2.05, 4.69) is 11.6 Å². The van der Waals surface area contributed by atoms with E-state index in [4.69, 9.17) is 5.11 Å². The lowest BCUT2D eigenvalue weighted by atomic mass is 10.0. The molecule has 0 aromatic heterocycles. The first kappa shape index (κ1) is 31.1. The largest absolute Gasteiger partial charge is 0.481 e. The van der Waals surface area contributed by atoms with Crippen molar-refractivity contribution in [2.75, 3.05) is 6.54 Å². The second-order valence-corrected chi connectivity index (χ2v) is 10.8. The van der Waals surface area contributed by atoms with Crippen molar-refractivity contribution in [2.45, 2.75) is 142 Å². The van der Waals surface area contributed by atoms with Crippen LogP contribution in [-0.2, 0) is 14.8 Å². The summed E-state index contributed by atoms with van der Waals surface area (Å²) in [6.45, 7) is 2.21. The van der Waals surface area contributed by atoms with Crippen molar-refractivity contribution in [1.82, 2.24) is 4.72 Å². The van der Waals surface area contributed by atoms with Gasteiger partial charge in [-0.2, -0.15) is 0 Å². The number of allylic oxidation sites excluding steroid dienone is 1. The lowest BCUT2D eigenvalue weighted by Crippen LogP contribution is -2.24. The summed E-state index contributed by atoms with van der Waals surface area (Å²) in [5.41, 5.74) is 0. The van der Waals surface area contributed by atoms with Crippen molar-refractivity contribution in [1.29, 1.82) is 0 Å². The highest BCUT2D eigenvalue weighted by atomic mass is 32.2. The van der Waals surface area contributed by atoms with E-state index in [0.717, 1.165) is 24.7 Å². The number of carbonyl (C=O) groups is 1. The van der Waals surface area contributed by atoms with Gasteiger partial charge >= 0.3 is 5.97 Å². The molecular weight excluding hydrogens is 422 g/mol. The first-order valence-corrected chi connectivity index (χ1v) is 14.9. The van der Waals surface area contributed by atoms with Crippen LogP contribution in [0.1, 0.15) is 142 Å². The first-order chi connectivity index (χ1) is 15.5. The van der Waals surface area contributed by atoms with Gasteiger partial charge in [0.05, 0.1) is 6.42 Å². The van der Waals surface area contributed by atoms with E-state index in [-0.39, 0.29) is 13.0 Å². The average molecular weight is 474 g/mol. The Kier molecular flexibility index (Phi) is 22.6. The number of hydrogen-bond donors (Lipinski definition) is 2. The molecule has 0 saturated heterocycles. The molecular formula is C26H51NO4S. The number of rotatable bonds is 25. The van der Waals surface area contributed by atoms with E-state index in [1.807, 2.05) is 0 Å². The van der Waals surface area contributed by atoms with E-state index >= 15 is 0 Å². The van der Waals surface area contributed by atoms with Gasteiger partial charge in [0.25, 0.3) is 0 Å². The number of carboxylic acid groups (broad SMARTS) is 1. The summed E-state index contributed by atoms with van der Waals surface area (Å²) in [5.74, 6) is -1.01. The Morgan fingerprint density at radius 1 is 0.688 bits per heavy atom. The minimum absolute atomic E-state index is 0.0682. The van der Waals surface area contributed by atoms with Gasteiger partial charge in [-0.25, -0.2) is 13.1 Å². The van der Waals surface area contributed by atoms with Crippen LogP contribution in [0.5, 0.6) is 0 Å². The van der Waals surface area contributed by atoms with Crippen LogP contribution in [0.25, 0.3) is 0 Å². The molecule has 0 atom stereocenters. The monoisotopic (exact) mass is 473 g/mol. The molecule has 6 heteroatoms. The molecule has 0 aliphatic carbocycles. The highest BCUT2D eigenvalue weighted by Gasteiger charge is 2.05. The third-order valence-electron chi connectivity index (χ3n) is 5.89. The Morgan fingerprint density at radius 3 is 1.44 bits per heavy atom. The van der Waals surface area contributed by atoms with Crippen LogP contribution in [0.4, 0.5) is 0 Å². The molecule has 0 spiro atoms. The van der Waals surface area contributed by atoms with E-state index in [1.165, 1.54) is 109 Å². The average Bonchev–Trinajstić information content (AvgIpc) is 2.74. The quantitative estimate of drug-likeness (QED) is 0.133. The van der Waals surface area contributed by atoms with Gasteiger partial charge in [-0.3, -0.25) is 4.79 Å². The summed E-state index contributed by atoms with van der Waals surface area (Å²) in [6, 6.07) is 0. The van der Waals surface area contributed by atoms with Crippen LogP contribution in [0.15, 0.2) is 11.5 Å². The van der Waals surface area contributed by atoms with E-state index in [9.17, 15) is 13.2 Å². The van der Waals surface area contributed by atoms with Crippen molar-refractivity contribution in [3.8, 4) is 0 Å². The molecule has 0 bridgehead atoms. The topological polar surface area (TPSA) is 83.5 Å². The standard InChI is InChI=1S/C26H51NO4S/c1-2-3-4-5-6-7-8-9-10-11-12-13-14-15-16-17-18-19-20-21-22-25-32(30,31)27-24-23-26(28)29/h22,25,27H,2-21,23-24H2,1H3,(H,28,29)/b25-22+. The number of hydrogen-bond acceptors (Lipinski definition) is 3. The summed E-state index contributed by atoms with van der Waals surface area (Å²) in [5, 5.41) is 9.67. The Morgan fingerprint density at radius 2 is 1.06 bits per heavy atom. The molecule has 0 fully saturated rings. The molecule has 0 heterocycles. The fourth-order valence-electron chi connectivity index (χ4n) is 3.88. The molecule has 190 valence electrons. The minimum Gasteiger partial charge on any atom is -0.481 e. The first-order valence-electron chi connectivity index (χ1n) is 13.4. The zero-order chi connectivity index (χ0) is 23.8. The molecule has 0 aliphatic rings. The van der Waals surface area contributed by atoms with Crippen molar-refractivity contribution >= 4 is 16.0 Å². The maximum atomic E-state index is 11.6. The summed E-state index contributed by atoms with van der Waals surface area (Å²) < 4.78 is 25.5. The van der Waals surface area contributed by atoms with Gasteiger partial charge in [0, 0.05) is 12.0 Å². The van der Waals surface area contributed by atoms with Crippen LogP contribution >= 0.6 is 0 Å². The van der Waals surface area contributed by atoms with Crippen molar-refractivity contribution in [2.24, 2.45) is 0 Å². The fraction of sp³-hybridized carbons (Fsp3) is 0.885. The third kappa shape index (κ3) is 25.4. The fourth-order valence-corrected chi connectivity index (χ4v) is 4.76. The van der Waals surface area contributed by atoms with Crippen LogP contribution in [0.2, 0.25) is 0 Å². The smallest absolute Gasteiger partial charge is 0.304 e. The van der Waals surface area contributed by atoms with Crippen LogP contribution in [0, 0.1) is 0 Å². The van der Waals surface area contributed by atoms with E-state index in [0.29, 0.717) is 0 Å². The number of sulfonamides is 1. The second-order valence-electron chi connectivity index (χ2n) is 9.11. The number of aliphatic carboxylic acids is 1. The van der Waals surface area contributed by atoms with Crippen LogP contribution in [-0.4, -0.2) is 26.0 Å². The zero-order valence-electron chi connectivity index (χ0n) is 20.8. The Labute approximate surface area is 198 Å². The predicted octanol–water partition coefficient (Wildman–Crippen LogP) is 7.72. The highest BCUT2D eigenvalue weighted by Crippen LogP contribution is 2.14. The summed E-state index contributed by atoms with van der Waals surface area (Å²) in [7, 11) is -3.50. The maximum absolute atomic E-state index is 11.6. The Bertz CT molecular complexity index is 546. The molecule has 0 saturated carbocycles. The predicted molar refractivity (Wildman–Crippen MR) is 136 cm³/mol. The summed E-state index contributed by atoms with van der Waals surface area (Å²) >= 11 is 0. The molecule has 0 aromatic rings. The van der Waals surface area contributed by atoms with Gasteiger partial charge in [0.15, 0.2) is 0 Å². The van der Waals surface area contributed by atoms with Gasteiger partial charge < -0.3 is 5.11 Å². The molecule has 0 aliphatic heterocycles. The van der Waals surface area contributed by atoms with Crippen LogP contribution in [0.3, 0.4) is 0 Å². The van der Waals surface area contributed by atoms with Crippen molar-refractivity contribution < 1.29 is 18.3 Å². The normalized spacial score (nSPS) is 12.0. The Balaban J connectivity index is 3.27. The van der Waals surface area contributed by atoms with E-state index < -0.39 is 16.0 Å². The van der Waals surface area contributed by atoms with Crippen molar-refractivity contribution in [3.63, 3.8) is 0 Å². The maximum Gasteiger partial charge on any atom is 0.304 e.